The maximum absolute atomic E-state index is 12.8. The summed E-state index contributed by atoms with van der Waals surface area (Å²) < 4.78 is 5.48. The topological polar surface area (TPSA) is 61.9 Å². The lowest BCUT2D eigenvalue weighted by molar-refractivity contribution is -0.131. The molecule has 4 rings (SSSR count). The lowest BCUT2D eigenvalue weighted by Crippen LogP contribution is -2.51. The molecular weight excluding hydrogens is 342 g/mol. The smallest absolute Gasteiger partial charge is 0.318 e. The second-order valence-electron chi connectivity index (χ2n) is 8.89. The standard InChI is InChI=1S/C21H35N3O3/c25-20-19(8-13-24(20)18-4-2-1-3-5-18)22-21(26)23-11-6-16(7-12-23)17-9-14-27-15-10-17/h16-19H,1-15H2,(H,22,26)/t19-/m0/s1. The van der Waals surface area contributed by atoms with Crippen LogP contribution in [0.3, 0.4) is 0 Å². The number of carbonyl (C=O) groups is 2. The number of amides is 3. The molecule has 0 aromatic heterocycles. The number of piperidine rings is 1. The van der Waals surface area contributed by atoms with E-state index in [1.165, 1.54) is 32.1 Å². The van der Waals surface area contributed by atoms with E-state index in [2.05, 4.69) is 5.32 Å². The van der Waals surface area contributed by atoms with Crippen LogP contribution < -0.4 is 5.32 Å². The van der Waals surface area contributed by atoms with E-state index in [1.54, 1.807) is 0 Å². The van der Waals surface area contributed by atoms with Gasteiger partial charge in [-0.1, -0.05) is 19.3 Å². The second-order valence-corrected chi connectivity index (χ2v) is 8.89. The lowest BCUT2D eigenvalue weighted by atomic mass is 9.80. The number of rotatable bonds is 3. The van der Waals surface area contributed by atoms with Crippen LogP contribution in [0.25, 0.3) is 0 Å². The van der Waals surface area contributed by atoms with Gasteiger partial charge in [-0.15, -0.1) is 0 Å². The molecule has 3 aliphatic heterocycles. The summed E-state index contributed by atoms with van der Waals surface area (Å²) in [5.74, 6) is 1.64. The highest BCUT2D eigenvalue weighted by Gasteiger charge is 2.38. The zero-order valence-electron chi connectivity index (χ0n) is 16.5. The van der Waals surface area contributed by atoms with Gasteiger partial charge in [-0.3, -0.25) is 4.79 Å². The Morgan fingerprint density at radius 2 is 1.52 bits per heavy atom. The largest absolute Gasteiger partial charge is 0.381 e. The first kappa shape index (κ1) is 19.0. The third-order valence-electron chi connectivity index (χ3n) is 7.31. The molecule has 0 radical (unpaired) electrons. The van der Waals surface area contributed by atoms with E-state index in [1.807, 2.05) is 9.80 Å². The van der Waals surface area contributed by atoms with Crippen LogP contribution in [0.2, 0.25) is 0 Å². The molecule has 3 amide bonds. The third-order valence-corrected chi connectivity index (χ3v) is 7.31. The average molecular weight is 378 g/mol. The molecule has 6 heteroatoms. The van der Waals surface area contributed by atoms with Gasteiger partial charge in [-0.2, -0.15) is 0 Å². The minimum absolute atomic E-state index is 0.0377. The monoisotopic (exact) mass is 377 g/mol. The van der Waals surface area contributed by atoms with Gasteiger partial charge >= 0.3 is 6.03 Å². The van der Waals surface area contributed by atoms with E-state index in [4.69, 9.17) is 4.74 Å². The fourth-order valence-corrected chi connectivity index (χ4v) is 5.59. The highest BCUT2D eigenvalue weighted by atomic mass is 16.5. The Balaban J connectivity index is 1.23. The first-order chi connectivity index (χ1) is 13.2. The number of hydrogen-bond donors (Lipinski definition) is 1. The van der Waals surface area contributed by atoms with Gasteiger partial charge in [-0.05, 0) is 56.8 Å². The number of hydrogen-bond acceptors (Lipinski definition) is 3. The number of carbonyl (C=O) groups excluding carboxylic acids is 2. The number of ether oxygens (including phenoxy) is 1. The van der Waals surface area contributed by atoms with Crippen LogP contribution in [-0.2, 0) is 9.53 Å². The molecule has 0 bridgehead atoms. The highest BCUT2D eigenvalue weighted by molar-refractivity contribution is 5.89. The third kappa shape index (κ3) is 4.41. The van der Waals surface area contributed by atoms with Crippen molar-refractivity contribution in [1.29, 1.82) is 0 Å². The van der Waals surface area contributed by atoms with Crippen molar-refractivity contribution in [1.82, 2.24) is 15.1 Å². The van der Waals surface area contributed by atoms with Crippen molar-refractivity contribution in [2.75, 3.05) is 32.8 Å². The number of nitrogens with one attached hydrogen (secondary N) is 1. The predicted molar refractivity (Wildman–Crippen MR) is 103 cm³/mol. The molecule has 4 aliphatic rings. The average Bonchev–Trinajstić information content (AvgIpc) is 3.09. The first-order valence-electron chi connectivity index (χ1n) is 11.2. The molecule has 6 nitrogen and oxygen atoms in total. The van der Waals surface area contributed by atoms with Crippen molar-refractivity contribution in [2.24, 2.45) is 11.8 Å². The van der Waals surface area contributed by atoms with E-state index < -0.39 is 0 Å². The van der Waals surface area contributed by atoms with Crippen molar-refractivity contribution in [2.45, 2.75) is 76.3 Å². The Hall–Kier alpha value is -1.30. The van der Waals surface area contributed by atoms with Crippen LogP contribution in [0, 0.1) is 11.8 Å². The maximum Gasteiger partial charge on any atom is 0.318 e. The van der Waals surface area contributed by atoms with Crippen molar-refractivity contribution in [3.05, 3.63) is 0 Å². The minimum atomic E-state index is -0.312. The Kier molecular flexibility index (Phi) is 6.21. The van der Waals surface area contributed by atoms with Crippen LogP contribution in [0.15, 0.2) is 0 Å². The van der Waals surface area contributed by atoms with Gasteiger partial charge in [0, 0.05) is 38.9 Å². The van der Waals surface area contributed by atoms with Crippen LogP contribution in [0.1, 0.15) is 64.2 Å². The zero-order chi connectivity index (χ0) is 18.6. The van der Waals surface area contributed by atoms with Gasteiger partial charge < -0.3 is 19.9 Å². The van der Waals surface area contributed by atoms with E-state index in [0.717, 1.165) is 76.8 Å². The van der Waals surface area contributed by atoms with Gasteiger partial charge in [0.15, 0.2) is 0 Å². The molecule has 1 saturated carbocycles. The quantitative estimate of drug-likeness (QED) is 0.823. The molecule has 1 N–H and O–H groups in total. The van der Waals surface area contributed by atoms with E-state index in [-0.39, 0.29) is 18.0 Å². The Labute approximate surface area is 163 Å². The molecule has 27 heavy (non-hydrogen) atoms. The molecule has 0 aromatic carbocycles. The minimum Gasteiger partial charge on any atom is -0.381 e. The van der Waals surface area contributed by atoms with E-state index in [0.29, 0.717) is 6.04 Å². The molecule has 0 spiro atoms. The van der Waals surface area contributed by atoms with Crippen molar-refractivity contribution in [3.8, 4) is 0 Å². The van der Waals surface area contributed by atoms with Crippen molar-refractivity contribution in [3.63, 3.8) is 0 Å². The number of nitrogens with zero attached hydrogens (tertiary/aromatic N) is 2. The van der Waals surface area contributed by atoms with Gasteiger partial charge in [0.25, 0.3) is 0 Å². The molecule has 152 valence electrons. The van der Waals surface area contributed by atoms with Crippen LogP contribution in [0.5, 0.6) is 0 Å². The van der Waals surface area contributed by atoms with Crippen molar-refractivity contribution < 1.29 is 14.3 Å². The summed E-state index contributed by atoms with van der Waals surface area (Å²) in [6, 6.07) is 0.0558. The van der Waals surface area contributed by atoms with Gasteiger partial charge in [-0.25, -0.2) is 4.79 Å². The van der Waals surface area contributed by atoms with E-state index >= 15 is 0 Å². The summed E-state index contributed by atoms with van der Waals surface area (Å²) in [4.78, 5) is 29.4. The number of urea groups is 1. The van der Waals surface area contributed by atoms with Crippen LogP contribution >= 0.6 is 0 Å². The summed E-state index contributed by atoms with van der Waals surface area (Å²) in [5.41, 5.74) is 0. The summed E-state index contributed by atoms with van der Waals surface area (Å²) in [5, 5.41) is 3.04. The normalized spacial score (nSPS) is 29.3. The summed E-state index contributed by atoms with van der Waals surface area (Å²) in [6.07, 6.45) is 11.3. The maximum atomic E-state index is 12.8. The Bertz CT molecular complexity index is 521. The lowest BCUT2D eigenvalue weighted by Gasteiger charge is -2.37. The second kappa shape index (κ2) is 8.80. The molecule has 3 saturated heterocycles. The Morgan fingerprint density at radius 3 is 2.22 bits per heavy atom. The number of likely N-dealkylation sites (tertiary alicyclic amines) is 2. The SMILES string of the molecule is O=C(N[C@H]1CCN(C2CCCCC2)C1=O)N1CCC(C2CCOCC2)CC1. The van der Waals surface area contributed by atoms with Gasteiger partial charge in [0.05, 0.1) is 0 Å². The fourth-order valence-electron chi connectivity index (χ4n) is 5.59. The summed E-state index contributed by atoms with van der Waals surface area (Å²) in [6.45, 7) is 4.24. The molecular formula is C21H35N3O3. The molecule has 0 aromatic rings. The first-order valence-corrected chi connectivity index (χ1v) is 11.2. The zero-order valence-corrected chi connectivity index (χ0v) is 16.5. The van der Waals surface area contributed by atoms with Crippen LogP contribution in [0.4, 0.5) is 4.79 Å². The van der Waals surface area contributed by atoms with E-state index in [9.17, 15) is 9.59 Å². The molecule has 0 unspecified atom stereocenters. The Morgan fingerprint density at radius 1 is 0.852 bits per heavy atom. The van der Waals surface area contributed by atoms with Gasteiger partial charge in [0.2, 0.25) is 5.91 Å². The fraction of sp³-hybridized carbons (Fsp3) is 0.905. The van der Waals surface area contributed by atoms with Crippen LogP contribution in [-0.4, -0.2) is 66.7 Å². The summed E-state index contributed by atoms with van der Waals surface area (Å²) in [7, 11) is 0. The predicted octanol–water partition coefficient (Wildman–Crippen LogP) is 2.77. The highest BCUT2D eigenvalue weighted by Crippen LogP contribution is 2.32. The molecule has 3 heterocycles. The molecule has 4 fully saturated rings. The molecule has 1 aliphatic carbocycles. The van der Waals surface area contributed by atoms with Gasteiger partial charge in [0.1, 0.15) is 6.04 Å². The molecule has 1 atom stereocenters. The summed E-state index contributed by atoms with van der Waals surface area (Å²) >= 11 is 0. The van der Waals surface area contributed by atoms with Crippen molar-refractivity contribution >= 4 is 11.9 Å².